The molecule has 0 aliphatic heterocycles. The molecule has 0 saturated carbocycles. The summed E-state index contributed by atoms with van der Waals surface area (Å²) < 4.78 is 30.5. The Balaban J connectivity index is 1.69. The Hall–Kier alpha value is -3.67. The van der Waals surface area contributed by atoms with Gasteiger partial charge in [-0.3, -0.25) is 4.31 Å². The third-order valence-corrected chi connectivity index (χ3v) is 5.73. The molecule has 4 N–H and O–H groups in total. The number of rotatable bonds is 6. The molecule has 4 aromatic heterocycles. The number of fused-ring (bicyclic) bond motifs is 1. The van der Waals surface area contributed by atoms with Crippen molar-refractivity contribution in [2.24, 2.45) is 0 Å². The van der Waals surface area contributed by atoms with E-state index in [1.54, 1.807) is 25.3 Å². The first-order valence-corrected chi connectivity index (χ1v) is 10.8. The SMILES string of the molecule is Cc1nnc(-c2cc3c(NCc4cccnc4N(C)S(C)(=O)=O)c(N)cnc3[nH]2)o1. The molecule has 0 aliphatic rings. The molecule has 156 valence electrons. The summed E-state index contributed by atoms with van der Waals surface area (Å²) in [5.41, 5.74) is 9.15. The first-order valence-electron chi connectivity index (χ1n) is 8.93. The van der Waals surface area contributed by atoms with Crippen LogP contribution in [0.25, 0.3) is 22.6 Å². The Morgan fingerprint density at radius 1 is 1.30 bits per heavy atom. The summed E-state index contributed by atoms with van der Waals surface area (Å²) >= 11 is 0. The first-order chi connectivity index (χ1) is 14.2. The number of nitrogen functional groups attached to an aromatic ring is 1. The van der Waals surface area contributed by atoms with E-state index in [0.29, 0.717) is 52.4 Å². The van der Waals surface area contributed by atoms with Gasteiger partial charge in [0, 0.05) is 37.7 Å². The van der Waals surface area contributed by atoms with Gasteiger partial charge >= 0.3 is 0 Å². The molecule has 12 heteroatoms. The molecule has 0 spiro atoms. The highest BCUT2D eigenvalue weighted by Crippen LogP contribution is 2.32. The number of H-pyrrole nitrogens is 1. The van der Waals surface area contributed by atoms with Crippen molar-refractivity contribution in [2.45, 2.75) is 13.5 Å². The van der Waals surface area contributed by atoms with E-state index in [1.165, 1.54) is 13.2 Å². The van der Waals surface area contributed by atoms with Crippen molar-refractivity contribution < 1.29 is 12.8 Å². The maximum atomic E-state index is 11.9. The van der Waals surface area contributed by atoms with Gasteiger partial charge in [0.2, 0.25) is 15.9 Å². The van der Waals surface area contributed by atoms with Crippen LogP contribution in [0.1, 0.15) is 11.5 Å². The number of sulfonamides is 1. The minimum atomic E-state index is -3.45. The highest BCUT2D eigenvalue weighted by Gasteiger charge is 2.18. The van der Waals surface area contributed by atoms with Gasteiger partial charge in [0.15, 0.2) is 0 Å². The first kappa shape index (κ1) is 19.6. The summed E-state index contributed by atoms with van der Waals surface area (Å²) in [6, 6.07) is 5.37. The van der Waals surface area contributed by atoms with E-state index in [1.807, 2.05) is 6.07 Å². The van der Waals surface area contributed by atoms with E-state index < -0.39 is 10.0 Å². The number of aromatic amines is 1. The summed E-state index contributed by atoms with van der Waals surface area (Å²) in [6.45, 7) is 2.01. The van der Waals surface area contributed by atoms with Crippen LogP contribution in [-0.4, -0.2) is 46.9 Å². The van der Waals surface area contributed by atoms with E-state index in [4.69, 9.17) is 10.2 Å². The second-order valence-electron chi connectivity index (χ2n) is 6.73. The quantitative estimate of drug-likeness (QED) is 0.417. The van der Waals surface area contributed by atoms with Crippen LogP contribution in [0, 0.1) is 6.92 Å². The third kappa shape index (κ3) is 3.64. The Kier molecular flexibility index (Phi) is 4.78. The number of anilines is 3. The van der Waals surface area contributed by atoms with Crippen LogP contribution in [0.15, 0.2) is 35.0 Å². The summed E-state index contributed by atoms with van der Waals surface area (Å²) in [7, 11) is -1.99. The highest BCUT2D eigenvalue weighted by atomic mass is 32.2. The number of nitrogens with two attached hydrogens (primary N) is 1. The van der Waals surface area contributed by atoms with Crippen molar-refractivity contribution in [1.29, 1.82) is 0 Å². The van der Waals surface area contributed by atoms with Gasteiger partial charge in [0.1, 0.15) is 17.2 Å². The zero-order valence-electron chi connectivity index (χ0n) is 16.5. The van der Waals surface area contributed by atoms with Crippen LogP contribution in [-0.2, 0) is 16.6 Å². The van der Waals surface area contributed by atoms with Gasteiger partial charge in [-0.1, -0.05) is 6.07 Å². The lowest BCUT2D eigenvalue weighted by atomic mass is 10.2. The van der Waals surface area contributed by atoms with E-state index in [0.717, 1.165) is 15.9 Å². The second-order valence-corrected chi connectivity index (χ2v) is 8.74. The number of aromatic nitrogens is 5. The lowest BCUT2D eigenvalue weighted by Crippen LogP contribution is -2.27. The van der Waals surface area contributed by atoms with E-state index in [9.17, 15) is 8.42 Å². The lowest BCUT2D eigenvalue weighted by molar-refractivity contribution is 0.531. The summed E-state index contributed by atoms with van der Waals surface area (Å²) in [4.78, 5) is 11.7. The predicted molar refractivity (Wildman–Crippen MR) is 113 cm³/mol. The zero-order chi connectivity index (χ0) is 21.5. The Morgan fingerprint density at radius 3 is 2.80 bits per heavy atom. The van der Waals surface area contributed by atoms with Gasteiger partial charge in [-0.05, 0) is 12.1 Å². The molecule has 4 aromatic rings. The summed E-state index contributed by atoms with van der Waals surface area (Å²) in [5, 5.41) is 11.9. The van der Waals surface area contributed by atoms with Gasteiger partial charge in [-0.2, -0.15) is 0 Å². The Morgan fingerprint density at radius 2 is 2.10 bits per heavy atom. The van der Waals surface area contributed by atoms with Crippen LogP contribution < -0.4 is 15.4 Å². The predicted octanol–water partition coefficient (Wildman–Crippen LogP) is 1.91. The van der Waals surface area contributed by atoms with Crippen LogP contribution in [0.3, 0.4) is 0 Å². The molecule has 0 fully saturated rings. The topological polar surface area (TPSA) is 156 Å². The average molecular weight is 428 g/mol. The molecule has 0 aliphatic carbocycles. The van der Waals surface area contributed by atoms with E-state index >= 15 is 0 Å². The lowest BCUT2D eigenvalue weighted by Gasteiger charge is -2.19. The molecule has 30 heavy (non-hydrogen) atoms. The Labute approximate surface area is 172 Å². The van der Waals surface area contributed by atoms with Crippen molar-refractivity contribution in [3.63, 3.8) is 0 Å². The van der Waals surface area contributed by atoms with Crippen LogP contribution in [0.2, 0.25) is 0 Å². The number of pyridine rings is 2. The van der Waals surface area contributed by atoms with Crippen molar-refractivity contribution >= 4 is 38.2 Å². The van der Waals surface area contributed by atoms with Crippen molar-refractivity contribution in [2.75, 3.05) is 28.7 Å². The highest BCUT2D eigenvalue weighted by molar-refractivity contribution is 7.92. The molecular formula is C18H20N8O3S. The van der Waals surface area contributed by atoms with Crippen molar-refractivity contribution in [3.8, 4) is 11.6 Å². The summed E-state index contributed by atoms with van der Waals surface area (Å²) in [5.74, 6) is 1.14. The average Bonchev–Trinajstić information content (AvgIpc) is 3.32. The molecule has 0 radical (unpaired) electrons. The molecule has 0 aromatic carbocycles. The molecule has 0 bridgehead atoms. The number of nitrogens with zero attached hydrogens (tertiary/aromatic N) is 5. The van der Waals surface area contributed by atoms with Gasteiger partial charge in [0.25, 0.3) is 5.89 Å². The fraction of sp³-hybridized carbons (Fsp3) is 0.222. The standard InChI is InChI=1S/C18H20N8O3S/c1-10-24-25-18(29-10)14-7-12-15(13(19)9-22-16(12)23-14)21-8-11-5-4-6-20-17(11)26(2)30(3,27)28/h4-7,9H,8,19H2,1-3H3,(H2,21,22,23). The zero-order valence-corrected chi connectivity index (χ0v) is 17.4. The number of hydrogen-bond acceptors (Lipinski definition) is 9. The van der Waals surface area contributed by atoms with Crippen LogP contribution in [0.4, 0.5) is 17.2 Å². The largest absolute Gasteiger partial charge is 0.420 e. The van der Waals surface area contributed by atoms with Gasteiger partial charge < -0.3 is 20.5 Å². The van der Waals surface area contributed by atoms with E-state index in [-0.39, 0.29) is 0 Å². The molecule has 0 saturated heterocycles. The maximum Gasteiger partial charge on any atom is 0.264 e. The Bertz CT molecular complexity index is 1330. The van der Waals surface area contributed by atoms with Crippen molar-refractivity contribution in [3.05, 3.63) is 42.0 Å². The number of aryl methyl sites for hydroxylation is 1. The molecule has 0 unspecified atom stereocenters. The van der Waals surface area contributed by atoms with Crippen LogP contribution in [0.5, 0.6) is 0 Å². The number of hydrogen-bond donors (Lipinski definition) is 3. The molecular weight excluding hydrogens is 408 g/mol. The minimum absolute atomic E-state index is 0.298. The molecule has 0 amide bonds. The molecule has 4 rings (SSSR count). The maximum absolute atomic E-state index is 11.9. The van der Waals surface area contributed by atoms with Crippen molar-refractivity contribution in [1.82, 2.24) is 25.1 Å². The third-order valence-electron chi connectivity index (χ3n) is 4.56. The summed E-state index contributed by atoms with van der Waals surface area (Å²) in [6.07, 6.45) is 4.21. The van der Waals surface area contributed by atoms with Gasteiger partial charge in [-0.25, -0.2) is 18.4 Å². The van der Waals surface area contributed by atoms with Gasteiger partial charge in [-0.15, -0.1) is 10.2 Å². The fourth-order valence-corrected chi connectivity index (χ4v) is 3.48. The number of nitrogens with one attached hydrogen (secondary N) is 2. The monoisotopic (exact) mass is 428 g/mol. The minimum Gasteiger partial charge on any atom is -0.420 e. The van der Waals surface area contributed by atoms with Crippen LogP contribution >= 0.6 is 0 Å². The normalized spacial score (nSPS) is 11.7. The molecule has 0 atom stereocenters. The molecule has 4 heterocycles. The van der Waals surface area contributed by atoms with E-state index in [2.05, 4.69) is 30.5 Å². The van der Waals surface area contributed by atoms with Gasteiger partial charge in [0.05, 0.1) is 23.8 Å². The fourth-order valence-electron chi connectivity index (χ4n) is 3.00. The molecule has 11 nitrogen and oxygen atoms in total. The second kappa shape index (κ2) is 7.30. The smallest absolute Gasteiger partial charge is 0.264 e.